The van der Waals surface area contributed by atoms with Crippen LogP contribution >= 0.6 is 12.6 Å². The Morgan fingerprint density at radius 2 is 1.50 bits per heavy atom. The van der Waals surface area contributed by atoms with Gasteiger partial charge in [-0.05, 0) is 23.8 Å². The van der Waals surface area contributed by atoms with Crippen LogP contribution in [0.15, 0.2) is 94.6 Å². The Balaban J connectivity index is 1.81. The third-order valence-electron chi connectivity index (χ3n) is 4.28. The number of para-hydroxylation sites is 1. The average Bonchev–Trinajstić information content (AvgIpc) is 2.74. The molecule has 0 bridgehead atoms. The number of rotatable bonds is 5. The number of nitrogens with one attached hydrogen (secondary N) is 1. The average molecular weight is 386 g/mol. The van der Waals surface area contributed by atoms with Gasteiger partial charge in [0.05, 0.1) is 5.69 Å². The molecule has 1 N–H and O–H groups in total. The second kappa shape index (κ2) is 8.10. The van der Waals surface area contributed by atoms with Gasteiger partial charge >= 0.3 is 5.69 Å². The lowest BCUT2D eigenvalue weighted by atomic mass is 10.1. The van der Waals surface area contributed by atoms with Gasteiger partial charge in [-0.2, -0.15) is 14.8 Å². The van der Waals surface area contributed by atoms with E-state index in [1.165, 1.54) is 4.68 Å². The lowest BCUT2D eigenvalue weighted by molar-refractivity contribution is 0.767. The third-order valence-corrected chi connectivity index (χ3v) is 4.67. The minimum Gasteiger partial charge on any atom is -0.364 e. The molecule has 3 aromatic carbocycles. The fourth-order valence-corrected chi connectivity index (χ4v) is 3.15. The van der Waals surface area contributed by atoms with E-state index in [-0.39, 0.29) is 0 Å². The van der Waals surface area contributed by atoms with Crippen LogP contribution in [0.4, 0.5) is 5.82 Å². The van der Waals surface area contributed by atoms with Crippen molar-refractivity contribution in [1.82, 2.24) is 14.8 Å². The molecule has 28 heavy (non-hydrogen) atoms. The highest BCUT2D eigenvalue weighted by atomic mass is 32.1. The molecule has 0 atom stereocenters. The van der Waals surface area contributed by atoms with E-state index in [2.05, 4.69) is 28.0 Å². The zero-order chi connectivity index (χ0) is 19.3. The Morgan fingerprint density at radius 3 is 2.21 bits per heavy atom. The fraction of sp³-hybridized carbons (Fsp3) is 0.0455. The molecule has 4 aromatic rings. The van der Waals surface area contributed by atoms with Crippen LogP contribution in [0.1, 0.15) is 5.56 Å². The molecule has 4 rings (SSSR count). The standard InChI is InChI=1S/C22H18N4OS/c27-22-24-21(23-15-16-9-3-1-4-10-16)20(18-13-7-8-14-19(18)28)25-26(22)17-11-5-2-6-12-17/h1-14,28H,15H2,(H,23,24,27). The van der Waals surface area contributed by atoms with Gasteiger partial charge in [-0.15, -0.1) is 12.6 Å². The van der Waals surface area contributed by atoms with Gasteiger partial charge in [0.15, 0.2) is 5.82 Å². The first-order chi connectivity index (χ1) is 13.7. The maximum Gasteiger partial charge on any atom is 0.370 e. The van der Waals surface area contributed by atoms with E-state index < -0.39 is 5.69 Å². The Bertz CT molecular complexity index is 1140. The monoisotopic (exact) mass is 386 g/mol. The number of nitrogens with zero attached hydrogens (tertiary/aromatic N) is 3. The van der Waals surface area contributed by atoms with Gasteiger partial charge in [0.1, 0.15) is 5.69 Å². The maximum absolute atomic E-state index is 12.7. The normalized spacial score (nSPS) is 10.6. The smallest absolute Gasteiger partial charge is 0.364 e. The zero-order valence-corrected chi connectivity index (χ0v) is 15.9. The summed E-state index contributed by atoms with van der Waals surface area (Å²) < 4.78 is 1.31. The fourth-order valence-electron chi connectivity index (χ4n) is 2.88. The Kier molecular flexibility index (Phi) is 5.21. The van der Waals surface area contributed by atoms with E-state index in [4.69, 9.17) is 0 Å². The minimum atomic E-state index is -0.442. The van der Waals surface area contributed by atoms with Crippen LogP contribution in [0.5, 0.6) is 0 Å². The van der Waals surface area contributed by atoms with Crippen LogP contribution in [-0.4, -0.2) is 14.8 Å². The molecule has 0 unspecified atom stereocenters. The highest BCUT2D eigenvalue weighted by Crippen LogP contribution is 2.29. The number of aromatic nitrogens is 3. The predicted molar refractivity (Wildman–Crippen MR) is 114 cm³/mol. The lowest BCUT2D eigenvalue weighted by Gasteiger charge is -2.14. The van der Waals surface area contributed by atoms with Gasteiger partial charge < -0.3 is 5.32 Å². The molecule has 0 radical (unpaired) electrons. The van der Waals surface area contributed by atoms with Gasteiger partial charge in [-0.1, -0.05) is 66.7 Å². The van der Waals surface area contributed by atoms with E-state index in [1.54, 1.807) is 0 Å². The van der Waals surface area contributed by atoms with Crippen LogP contribution in [0.2, 0.25) is 0 Å². The second-order valence-corrected chi connectivity index (χ2v) is 6.68. The van der Waals surface area contributed by atoms with Crippen molar-refractivity contribution in [2.75, 3.05) is 5.32 Å². The Labute approximate surface area is 168 Å². The molecule has 138 valence electrons. The van der Waals surface area contributed by atoms with E-state index in [1.807, 2.05) is 84.9 Å². The predicted octanol–water partition coefficient (Wildman–Crippen LogP) is 4.20. The van der Waals surface area contributed by atoms with Crippen molar-refractivity contribution in [1.29, 1.82) is 0 Å². The molecule has 1 heterocycles. The summed E-state index contributed by atoms with van der Waals surface area (Å²) in [5, 5.41) is 7.87. The van der Waals surface area contributed by atoms with E-state index in [0.29, 0.717) is 23.7 Å². The van der Waals surface area contributed by atoms with Crippen molar-refractivity contribution >= 4 is 18.4 Å². The first kappa shape index (κ1) is 18.0. The summed E-state index contributed by atoms with van der Waals surface area (Å²) in [5.74, 6) is 0.433. The van der Waals surface area contributed by atoms with Crippen LogP contribution < -0.4 is 11.0 Å². The first-order valence-electron chi connectivity index (χ1n) is 8.85. The molecule has 0 saturated carbocycles. The van der Waals surface area contributed by atoms with Gasteiger partial charge in [0, 0.05) is 17.0 Å². The highest BCUT2D eigenvalue weighted by Gasteiger charge is 2.15. The summed E-state index contributed by atoms with van der Waals surface area (Å²) in [7, 11) is 0. The summed E-state index contributed by atoms with van der Waals surface area (Å²) in [4.78, 5) is 17.7. The summed E-state index contributed by atoms with van der Waals surface area (Å²) in [6.07, 6.45) is 0. The SMILES string of the molecule is O=c1nc(NCc2ccccc2)c(-c2ccccc2S)nn1-c1ccccc1. The van der Waals surface area contributed by atoms with E-state index in [0.717, 1.165) is 16.0 Å². The summed E-state index contributed by atoms with van der Waals surface area (Å²) in [6.45, 7) is 0.534. The van der Waals surface area contributed by atoms with Crippen molar-refractivity contribution in [3.63, 3.8) is 0 Å². The van der Waals surface area contributed by atoms with Crippen LogP contribution in [0.25, 0.3) is 16.9 Å². The van der Waals surface area contributed by atoms with Gasteiger partial charge in [0.2, 0.25) is 0 Å². The number of thiol groups is 1. The molecule has 6 heteroatoms. The topological polar surface area (TPSA) is 59.8 Å². The first-order valence-corrected chi connectivity index (χ1v) is 9.30. The molecule has 5 nitrogen and oxygen atoms in total. The number of hydrogen-bond acceptors (Lipinski definition) is 5. The molecule has 0 amide bonds. The zero-order valence-electron chi connectivity index (χ0n) is 15.0. The third kappa shape index (κ3) is 3.82. The van der Waals surface area contributed by atoms with Crippen LogP contribution in [0, 0.1) is 0 Å². The summed E-state index contributed by atoms with van der Waals surface area (Å²) >= 11 is 4.56. The molecule has 0 fully saturated rings. The Hall–Kier alpha value is -3.38. The number of benzene rings is 3. The molecule has 0 aliphatic rings. The van der Waals surface area contributed by atoms with Crippen molar-refractivity contribution in [2.24, 2.45) is 0 Å². The van der Waals surface area contributed by atoms with E-state index in [9.17, 15) is 4.79 Å². The molecule has 0 spiro atoms. The minimum absolute atomic E-state index is 0.433. The molecule has 0 saturated heterocycles. The van der Waals surface area contributed by atoms with Crippen molar-refractivity contribution < 1.29 is 0 Å². The van der Waals surface area contributed by atoms with Crippen molar-refractivity contribution in [2.45, 2.75) is 11.4 Å². The van der Waals surface area contributed by atoms with Gasteiger partial charge in [-0.25, -0.2) is 4.79 Å². The second-order valence-electron chi connectivity index (χ2n) is 6.20. The molecule has 0 aliphatic heterocycles. The summed E-state index contributed by atoms with van der Waals surface area (Å²) in [6, 6.07) is 26.8. The molecule has 0 aliphatic carbocycles. The van der Waals surface area contributed by atoms with Crippen molar-refractivity contribution in [3.05, 3.63) is 101 Å². The van der Waals surface area contributed by atoms with E-state index >= 15 is 0 Å². The van der Waals surface area contributed by atoms with Gasteiger partial charge in [0.25, 0.3) is 0 Å². The highest BCUT2D eigenvalue weighted by molar-refractivity contribution is 7.80. The van der Waals surface area contributed by atoms with Gasteiger partial charge in [-0.3, -0.25) is 0 Å². The lowest BCUT2D eigenvalue weighted by Crippen LogP contribution is -2.26. The Morgan fingerprint density at radius 1 is 0.857 bits per heavy atom. The quantitative estimate of drug-likeness (QED) is 0.505. The molecular formula is C22H18N4OS. The van der Waals surface area contributed by atoms with Crippen molar-refractivity contribution in [3.8, 4) is 16.9 Å². The summed E-state index contributed by atoms with van der Waals surface area (Å²) in [5.41, 5.74) is 2.68. The number of anilines is 1. The molecular weight excluding hydrogens is 368 g/mol. The molecule has 1 aromatic heterocycles. The largest absolute Gasteiger partial charge is 0.370 e. The number of hydrogen-bond donors (Lipinski definition) is 2. The van der Waals surface area contributed by atoms with Crippen LogP contribution in [-0.2, 0) is 6.54 Å². The van der Waals surface area contributed by atoms with Crippen LogP contribution in [0.3, 0.4) is 0 Å². The maximum atomic E-state index is 12.7.